The second-order valence-corrected chi connectivity index (χ2v) is 3.80. The first kappa shape index (κ1) is 10.5. The fraction of sp³-hybridized carbons (Fsp3) is 0.364. The molecule has 2 N–H and O–H groups in total. The molecule has 1 saturated heterocycles. The molecule has 1 aliphatic heterocycles. The molecular weight excluding hydrogens is 210 g/mol. The normalized spacial score (nSPS) is 20.4. The number of hydrogen-bond donors (Lipinski definition) is 2. The van der Waals surface area contributed by atoms with Crippen molar-refractivity contribution in [2.75, 3.05) is 6.54 Å². The molecule has 0 saturated carbocycles. The van der Waals surface area contributed by atoms with E-state index in [0.29, 0.717) is 6.04 Å². The Morgan fingerprint density at radius 3 is 2.93 bits per heavy atom. The van der Waals surface area contributed by atoms with Gasteiger partial charge in [-0.1, -0.05) is 18.2 Å². The van der Waals surface area contributed by atoms with Crippen molar-refractivity contribution in [2.45, 2.75) is 18.9 Å². The Kier molecular flexibility index (Phi) is 2.93. The summed E-state index contributed by atoms with van der Waals surface area (Å²) in [7, 11) is 0. The van der Waals surface area contributed by atoms with Crippen molar-refractivity contribution in [3.05, 3.63) is 30.0 Å². The molecule has 3 nitrogen and oxygen atoms in total. The van der Waals surface area contributed by atoms with Gasteiger partial charge in [-0.25, -0.2) is 0 Å². The SMILES string of the molecule is Cl.c1ccc2c(C3CCCN3)[nH]nc2c1. The Morgan fingerprint density at radius 2 is 2.13 bits per heavy atom. The van der Waals surface area contributed by atoms with E-state index in [1.165, 1.54) is 23.9 Å². The molecule has 1 aromatic carbocycles. The van der Waals surface area contributed by atoms with Gasteiger partial charge in [-0.3, -0.25) is 5.10 Å². The largest absolute Gasteiger partial charge is 0.309 e. The molecule has 0 aliphatic carbocycles. The van der Waals surface area contributed by atoms with Crippen molar-refractivity contribution in [3.8, 4) is 0 Å². The van der Waals surface area contributed by atoms with Crippen LogP contribution in [0.1, 0.15) is 24.6 Å². The van der Waals surface area contributed by atoms with Crippen LogP contribution in [0.25, 0.3) is 10.9 Å². The number of H-pyrrole nitrogens is 1. The minimum atomic E-state index is 0. The lowest BCUT2D eigenvalue weighted by molar-refractivity contribution is 0.629. The smallest absolute Gasteiger partial charge is 0.0924 e. The summed E-state index contributed by atoms with van der Waals surface area (Å²) in [5.74, 6) is 0. The number of benzene rings is 1. The van der Waals surface area contributed by atoms with Crippen LogP contribution in [0.3, 0.4) is 0 Å². The van der Waals surface area contributed by atoms with Crippen molar-refractivity contribution >= 4 is 23.3 Å². The summed E-state index contributed by atoms with van der Waals surface area (Å²) in [5, 5.41) is 12.2. The van der Waals surface area contributed by atoms with Gasteiger partial charge in [0, 0.05) is 11.4 Å². The predicted octanol–water partition coefficient (Wildman–Crippen LogP) is 2.41. The van der Waals surface area contributed by atoms with Gasteiger partial charge in [-0.05, 0) is 25.5 Å². The topological polar surface area (TPSA) is 40.7 Å². The van der Waals surface area contributed by atoms with Crippen molar-refractivity contribution in [3.63, 3.8) is 0 Å². The minimum Gasteiger partial charge on any atom is -0.309 e. The van der Waals surface area contributed by atoms with Gasteiger partial charge >= 0.3 is 0 Å². The molecule has 1 unspecified atom stereocenters. The number of nitrogens with zero attached hydrogens (tertiary/aromatic N) is 1. The second-order valence-electron chi connectivity index (χ2n) is 3.80. The summed E-state index contributed by atoms with van der Waals surface area (Å²) in [6, 6.07) is 8.74. The zero-order chi connectivity index (χ0) is 9.38. The molecule has 2 aromatic rings. The number of aromatic amines is 1. The molecule has 1 aromatic heterocycles. The summed E-state index contributed by atoms with van der Waals surface area (Å²) in [5.41, 5.74) is 2.31. The number of fused-ring (bicyclic) bond motifs is 1. The lowest BCUT2D eigenvalue weighted by atomic mass is 10.1. The van der Waals surface area contributed by atoms with Gasteiger partial charge in [0.2, 0.25) is 0 Å². The molecule has 1 aliphatic rings. The number of halogens is 1. The van der Waals surface area contributed by atoms with Gasteiger partial charge in [0.15, 0.2) is 0 Å². The van der Waals surface area contributed by atoms with Gasteiger partial charge in [-0.15, -0.1) is 12.4 Å². The van der Waals surface area contributed by atoms with Crippen molar-refractivity contribution < 1.29 is 0 Å². The second kappa shape index (κ2) is 4.21. The molecule has 4 heteroatoms. The van der Waals surface area contributed by atoms with E-state index >= 15 is 0 Å². The highest BCUT2D eigenvalue weighted by atomic mass is 35.5. The maximum absolute atomic E-state index is 4.30. The van der Waals surface area contributed by atoms with E-state index in [9.17, 15) is 0 Å². The highest BCUT2D eigenvalue weighted by Gasteiger charge is 2.19. The Labute approximate surface area is 94.7 Å². The summed E-state index contributed by atoms with van der Waals surface area (Å²) in [6.07, 6.45) is 2.48. The maximum atomic E-state index is 4.30. The van der Waals surface area contributed by atoms with Gasteiger partial charge in [-0.2, -0.15) is 5.10 Å². The van der Waals surface area contributed by atoms with Crippen LogP contribution in [-0.4, -0.2) is 16.7 Å². The number of aromatic nitrogens is 2. The van der Waals surface area contributed by atoms with Crippen LogP contribution in [0.15, 0.2) is 24.3 Å². The van der Waals surface area contributed by atoms with Crippen LogP contribution >= 0.6 is 12.4 Å². The third-order valence-electron chi connectivity index (χ3n) is 2.90. The number of rotatable bonds is 1. The zero-order valence-corrected chi connectivity index (χ0v) is 9.18. The molecule has 0 radical (unpaired) electrons. The van der Waals surface area contributed by atoms with Gasteiger partial charge in [0.1, 0.15) is 0 Å². The van der Waals surface area contributed by atoms with Crippen LogP contribution in [0.2, 0.25) is 0 Å². The molecule has 0 bridgehead atoms. The average molecular weight is 224 g/mol. The molecule has 80 valence electrons. The standard InChI is InChI=1S/C11H13N3.ClH/c1-2-5-9-8(4-1)11(14-13-9)10-6-3-7-12-10;/h1-2,4-5,10,12H,3,6-7H2,(H,13,14);1H. The Bertz CT molecular complexity index is 446. The van der Waals surface area contributed by atoms with Crippen LogP contribution < -0.4 is 5.32 Å². The Hall–Kier alpha value is -1.06. The third kappa shape index (κ3) is 1.73. The molecule has 15 heavy (non-hydrogen) atoms. The van der Waals surface area contributed by atoms with Gasteiger partial charge < -0.3 is 5.32 Å². The Morgan fingerprint density at radius 1 is 1.27 bits per heavy atom. The van der Waals surface area contributed by atoms with Crippen LogP contribution in [0.5, 0.6) is 0 Å². The average Bonchev–Trinajstić information content (AvgIpc) is 2.85. The molecule has 1 atom stereocenters. The fourth-order valence-electron chi connectivity index (χ4n) is 2.18. The van der Waals surface area contributed by atoms with Gasteiger partial charge in [0.05, 0.1) is 11.2 Å². The summed E-state index contributed by atoms with van der Waals surface area (Å²) >= 11 is 0. The highest BCUT2D eigenvalue weighted by molar-refractivity contribution is 5.85. The zero-order valence-electron chi connectivity index (χ0n) is 8.36. The van der Waals surface area contributed by atoms with E-state index in [-0.39, 0.29) is 12.4 Å². The molecule has 3 rings (SSSR count). The summed E-state index contributed by atoms with van der Waals surface area (Å²) < 4.78 is 0. The number of nitrogens with one attached hydrogen (secondary N) is 2. The maximum Gasteiger partial charge on any atom is 0.0924 e. The Balaban J connectivity index is 0.000000853. The van der Waals surface area contributed by atoms with E-state index in [0.717, 1.165) is 12.1 Å². The fourth-order valence-corrected chi connectivity index (χ4v) is 2.18. The summed E-state index contributed by atoms with van der Waals surface area (Å²) in [4.78, 5) is 0. The quantitative estimate of drug-likeness (QED) is 0.780. The van der Waals surface area contributed by atoms with E-state index in [4.69, 9.17) is 0 Å². The van der Waals surface area contributed by atoms with Crippen molar-refractivity contribution in [2.24, 2.45) is 0 Å². The van der Waals surface area contributed by atoms with Crippen LogP contribution in [0, 0.1) is 0 Å². The van der Waals surface area contributed by atoms with Crippen molar-refractivity contribution in [1.29, 1.82) is 0 Å². The number of para-hydroxylation sites is 1. The molecular formula is C11H14ClN3. The van der Waals surface area contributed by atoms with Crippen LogP contribution in [0.4, 0.5) is 0 Å². The van der Waals surface area contributed by atoms with E-state index in [1.807, 2.05) is 12.1 Å². The monoisotopic (exact) mass is 223 g/mol. The van der Waals surface area contributed by atoms with E-state index in [1.54, 1.807) is 0 Å². The minimum absolute atomic E-state index is 0. The molecule has 1 fully saturated rings. The highest BCUT2D eigenvalue weighted by Crippen LogP contribution is 2.27. The van der Waals surface area contributed by atoms with Crippen LogP contribution in [-0.2, 0) is 0 Å². The molecule has 0 spiro atoms. The van der Waals surface area contributed by atoms with Crippen molar-refractivity contribution in [1.82, 2.24) is 15.5 Å². The first-order valence-corrected chi connectivity index (χ1v) is 5.11. The first-order valence-electron chi connectivity index (χ1n) is 5.11. The number of hydrogen-bond acceptors (Lipinski definition) is 2. The summed E-state index contributed by atoms with van der Waals surface area (Å²) in [6.45, 7) is 1.12. The molecule has 0 amide bonds. The van der Waals surface area contributed by atoms with Gasteiger partial charge in [0.25, 0.3) is 0 Å². The van der Waals surface area contributed by atoms with E-state index < -0.39 is 0 Å². The first-order chi connectivity index (χ1) is 6.95. The van der Waals surface area contributed by atoms with E-state index in [2.05, 4.69) is 27.6 Å². The predicted molar refractivity (Wildman–Crippen MR) is 63.3 cm³/mol. The lowest BCUT2D eigenvalue weighted by Gasteiger charge is -2.07. The third-order valence-corrected chi connectivity index (χ3v) is 2.90. The lowest BCUT2D eigenvalue weighted by Crippen LogP contribution is -2.13. The molecule has 2 heterocycles.